The fraction of sp³-hybridized carbons (Fsp3) is 0.850. The zero-order valence-corrected chi connectivity index (χ0v) is 17.5. The van der Waals surface area contributed by atoms with Crippen LogP contribution in [0.3, 0.4) is 0 Å². The van der Waals surface area contributed by atoms with E-state index in [4.69, 9.17) is 9.47 Å². The lowest BCUT2D eigenvalue weighted by molar-refractivity contribution is -0.150. The van der Waals surface area contributed by atoms with Crippen LogP contribution in [0, 0.1) is 11.8 Å². The number of halogens is 2. The van der Waals surface area contributed by atoms with Crippen LogP contribution < -0.4 is 0 Å². The minimum atomic E-state index is -3.18. The standard InChI is InChI=1S/C20H30F2N2O5/c1-19(2,3)29-18(27)24-11-20(21,22)15-14(24)9-10-23(15)16(25)12-5-7-13(8-6-12)17(26)28-4/h12-15H,5-11H2,1-4H3/t12?,13?,14-,15+/m0/s1. The Hall–Kier alpha value is -1.93. The molecule has 2 heterocycles. The minimum Gasteiger partial charge on any atom is -0.469 e. The molecule has 2 aliphatic heterocycles. The number of hydrogen-bond acceptors (Lipinski definition) is 5. The molecule has 0 aromatic carbocycles. The van der Waals surface area contributed by atoms with Crippen LogP contribution in [0.5, 0.6) is 0 Å². The molecule has 0 aromatic rings. The molecule has 0 radical (unpaired) electrons. The highest BCUT2D eigenvalue weighted by atomic mass is 19.3. The van der Waals surface area contributed by atoms with Crippen molar-refractivity contribution in [3.05, 3.63) is 0 Å². The monoisotopic (exact) mass is 416 g/mol. The summed E-state index contributed by atoms with van der Waals surface area (Å²) in [6.45, 7) is 4.51. The number of ether oxygens (including phenoxy) is 2. The molecule has 2 amide bonds. The molecule has 0 spiro atoms. The van der Waals surface area contributed by atoms with Crippen LogP contribution in [0.15, 0.2) is 0 Å². The number of hydrogen-bond donors (Lipinski definition) is 0. The summed E-state index contributed by atoms with van der Waals surface area (Å²) < 4.78 is 39.7. The van der Waals surface area contributed by atoms with Crippen LogP contribution in [0.1, 0.15) is 52.9 Å². The predicted molar refractivity (Wildman–Crippen MR) is 99.3 cm³/mol. The van der Waals surface area contributed by atoms with E-state index in [0.29, 0.717) is 32.1 Å². The number of nitrogens with zero attached hydrogens (tertiary/aromatic N) is 2. The van der Waals surface area contributed by atoms with Crippen molar-refractivity contribution < 1.29 is 32.6 Å². The van der Waals surface area contributed by atoms with Crippen LogP contribution in [0.2, 0.25) is 0 Å². The first-order valence-corrected chi connectivity index (χ1v) is 10.2. The lowest BCUT2D eigenvalue weighted by Crippen LogP contribution is -2.50. The summed E-state index contributed by atoms with van der Waals surface area (Å²) in [4.78, 5) is 39.5. The number of rotatable bonds is 2. The van der Waals surface area contributed by atoms with Crippen molar-refractivity contribution in [2.75, 3.05) is 20.2 Å². The molecule has 0 N–H and O–H groups in total. The third kappa shape index (κ3) is 4.33. The summed E-state index contributed by atoms with van der Waals surface area (Å²) in [6, 6.07) is -2.06. The van der Waals surface area contributed by atoms with Gasteiger partial charge in [-0.1, -0.05) is 0 Å². The summed E-state index contributed by atoms with van der Waals surface area (Å²) in [5.74, 6) is -4.37. The fourth-order valence-corrected chi connectivity index (χ4v) is 4.79. The van der Waals surface area contributed by atoms with E-state index in [-0.39, 0.29) is 30.3 Å². The van der Waals surface area contributed by atoms with Gasteiger partial charge in [-0.25, -0.2) is 13.6 Å². The van der Waals surface area contributed by atoms with Crippen LogP contribution in [-0.4, -0.2) is 71.6 Å². The zero-order valence-electron chi connectivity index (χ0n) is 17.5. The highest BCUT2D eigenvalue weighted by Crippen LogP contribution is 2.43. The van der Waals surface area contributed by atoms with Gasteiger partial charge in [0.15, 0.2) is 0 Å². The summed E-state index contributed by atoms with van der Waals surface area (Å²) in [6.07, 6.45) is 1.54. The number of methoxy groups -OCH3 is 1. The number of likely N-dealkylation sites (tertiary alicyclic amines) is 2. The normalized spacial score (nSPS) is 31.4. The summed E-state index contributed by atoms with van der Waals surface area (Å²) in [5, 5.41) is 0. The molecule has 2 saturated heterocycles. The van der Waals surface area contributed by atoms with Gasteiger partial charge < -0.3 is 14.4 Å². The Balaban J connectivity index is 1.68. The highest BCUT2D eigenvalue weighted by molar-refractivity contribution is 5.81. The summed E-state index contributed by atoms with van der Waals surface area (Å²) in [7, 11) is 1.34. The molecule has 29 heavy (non-hydrogen) atoms. The number of alkyl halides is 2. The Bertz CT molecular complexity index is 670. The third-order valence-corrected chi connectivity index (χ3v) is 6.10. The number of esters is 1. The fourth-order valence-electron chi connectivity index (χ4n) is 4.79. The predicted octanol–water partition coefficient (Wildman–Crippen LogP) is 2.82. The SMILES string of the molecule is COC(=O)C1CCC(C(=O)N2CC[C@H]3[C@@H]2C(F)(F)CN3C(=O)OC(C)(C)C)CC1. The lowest BCUT2D eigenvalue weighted by atomic mass is 9.81. The Morgan fingerprint density at radius 1 is 0.966 bits per heavy atom. The molecule has 2 atom stereocenters. The molecular formula is C20H30F2N2O5. The van der Waals surface area contributed by atoms with Crippen molar-refractivity contribution in [1.29, 1.82) is 0 Å². The molecule has 0 bridgehead atoms. The summed E-state index contributed by atoms with van der Waals surface area (Å²) in [5.41, 5.74) is -0.781. The van der Waals surface area contributed by atoms with Crippen molar-refractivity contribution in [1.82, 2.24) is 9.80 Å². The first-order valence-electron chi connectivity index (χ1n) is 10.2. The Labute approximate surface area is 169 Å². The second kappa shape index (κ2) is 7.72. The second-order valence-electron chi connectivity index (χ2n) is 9.27. The summed E-state index contributed by atoms with van der Waals surface area (Å²) >= 11 is 0. The number of amides is 2. The molecule has 3 aliphatic rings. The van der Waals surface area contributed by atoms with Gasteiger partial charge in [0.05, 0.1) is 25.6 Å². The maximum absolute atomic E-state index is 14.8. The van der Waals surface area contributed by atoms with Gasteiger partial charge in [-0.3, -0.25) is 14.5 Å². The van der Waals surface area contributed by atoms with Crippen molar-refractivity contribution in [2.24, 2.45) is 11.8 Å². The molecule has 0 unspecified atom stereocenters. The molecule has 3 fully saturated rings. The lowest BCUT2D eigenvalue weighted by Gasteiger charge is -2.33. The molecular weight excluding hydrogens is 386 g/mol. The minimum absolute atomic E-state index is 0.194. The molecule has 3 rings (SSSR count). The van der Waals surface area contributed by atoms with Crippen molar-refractivity contribution in [2.45, 2.75) is 76.5 Å². The van der Waals surface area contributed by atoms with E-state index >= 15 is 0 Å². The van der Waals surface area contributed by atoms with E-state index in [2.05, 4.69) is 0 Å². The van der Waals surface area contributed by atoms with Crippen LogP contribution >= 0.6 is 0 Å². The molecule has 7 nitrogen and oxygen atoms in total. The Morgan fingerprint density at radius 3 is 2.10 bits per heavy atom. The third-order valence-electron chi connectivity index (χ3n) is 6.10. The van der Waals surface area contributed by atoms with Gasteiger partial charge in [0.25, 0.3) is 5.92 Å². The van der Waals surface area contributed by atoms with Crippen molar-refractivity contribution in [3.63, 3.8) is 0 Å². The molecule has 9 heteroatoms. The Kier molecular flexibility index (Phi) is 5.80. The van der Waals surface area contributed by atoms with E-state index in [1.807, 2.05) is 0 Å². The number of carbonyl (C=O) groups excluding carboxylic acids is 3. The second-order valence-corrected chi connectivity index (χ2v) is 9.27. The zero-order chi connectivity index (χ0) is 21.6. The van der Waals surface area contributed by atoms with Crippen LogP contribution in [0.4, 0.5) is 13.6 Å². The average molecular weight is 416 g/mol. The number of fused-ring (bicyclic) bond motifs is 1. The van der Waals surface area contributed by atoms with Crippen LogP contribution in [0.25, 0.3) is 0 Å². The first-order chi connectivity index (χ1) is 13.4. The topological polar surface area (TPSA) is 76.2 Å². The average Bonchev–Trinajstić information content (AvgIpc) is 3.19. The van der Waals surface area contributed by atoms with Gasteiger partial charge in [0.1, 0.15) is 11.6 Å². The molecule has 0 aromatic heterocycles. The maximum atomic E-state index is 14.8. The smallest absolute Gasteiger partial charge is 0.410 e. The van der Waals surface area contributed by atoms with Gasteiger partial charge in [0.2, 0.25) is 5.91 Å². The van der Waals surface area contributed by atoms with Gasteiger partial charge >= 0.3 is 12.1 Å². The van der Waals surface area contributed by atoms with Crippen molar-refractivity contribution in [3.8, 4) is 0 Å². The molecule has 1 aliphatic carbocycles. The van der Waals surface area contributed by atoms with Gasteiger partial charge in [-0.15, -0.1) is 0 Å². The largest absolute Gasteiger partial charge is 0.469 e. The van der Waals surface area contributed by atoms with Gasteiger partial charge in [-0.2, -0.15) is 0 Å². The molecule has 164 valence electrons. The number of carbonyl (C=O) groups is 3. The quantitative estimate of drug-likeness (QED) is 0.647. The molecule has 1 saturated carbocycles. The highest BCUT2D eigenvalue weighted by Gasteiger charge is 2.62. The van der Waals surface area contributed by atoms with E-state index in [9.17, 15) is 23.2 Å². The van der Waals surface area contributed by atoms with E-state index in [1.165, 1.54) is 12.0 Å². The van der Waals surface area contributed by atoms with E-state index < -0.39 is 36.2 Å². The van der Waals surface area contributed by atoms with Gasteiger partial charge in [-0.05, 0) is 52.9 Å². The van der Waals surface area contributed by atoms with E-state index in [1.54, 1.807) is 20.8 Å². The van der Waals surface area contributed by atoms with Gasteiger partial charge in [0, 0.05) is 12.5 Å². The maximum Gasteiger partial charge on any atom is 0.410 e. The van der Waals surface area contributed by atoms with E-state index in [0.717, 1.165) is 4.90 Å². The first kappa shape index (κ1) is 21.8. The van der Waals surface area contributed by atoms with Crippen molar-refractivity contribution >= 4 is 18.0 Å². The van der Waals surface area contributed by atoms with Crippen LogP contribution in [-0.2, 0) is 19.1 Å². The Morgan fingerprint density at radius 2 is 1.55 bits per heavy atom.